The number of methoxy groups -OCH3 is 2. The summed E-state index contributed by atoms with van der Waals surface area (Å²) in [4.78, 5) is 0. The molecular weight excluding hydrogens is 496 g/mol. The number of aromatic hydroxyl groups is 2. The first-order valence-corrected chi connectivity index (χ1v) is 12.7. The summed E-state index contributed by atoms with van der Waals surface area (Å²) in [5, 5.41) is 22.3. The highest BCUT2D eigenvalue weighted by Gasteiger charge is 2.41. The van der Waals surface area contributed by atoms with Crippen LogP contribution in [0.2, 0.25) is 0 Å². The Morgan fingerprint density at radius 1 is 0.846 bits per heavy atom. The average molecular weight is 523 g/mol. The third-order valence-corrected chi connectivity index (χ3v) is 7.65. The zero-order valence-electron chi connectivity index (χ0n) is 21.4. The third kappa shape index (κ3) is 3.73. The molecule has 5 aromatic rings. The number of rotatable bonds is 5. The predicted octanol–water partition coefficient (Wildman–Crippen LogP) is 6.73. The zero-order chi connectivity index (χ0) is 26.7. The molecule has 0 unspecified atom stereocenters. The Labute approximate surface area is 224 Å². The molecule has 0 spiro atoms. The molecule has 7 rings (SSSR count). The van der Waals surface area contributed by atoms with Crippen LogP contribution in [0.25, 0.3) is 22.1 Å². The summed E-state index contributed by atoms with van der Waals surface area (Å²) < 4.78 is 29.5. The molecule has 2 aliphatic heterocycles. The normalized spacial score (nSPS) is 17.1. The third-order valence-electron chi connectivity index (χ3n) is 7.65. The fourth-order valence-corrected chi connectivity index (χ4v) is 5.74. The van der Waals surface area contributed by atoms with Gasteiger partial charge in [0.1, 0.15) is 40.4 Å². The molecule has 4 aromatic carbocycles. The summed E-state index contributed by atoms with van der Waals surface area (Å²) in [6.07, 6.45) is 0.0832. The van der Waals surface area contributed by atoms with Crippen LogP contribution in [0.4, 0.5) is 0 Å². The molecule has 39 heavy (non-hydrogen) atoms. The molecule has 0 aliphatic carbocycles. The summed E-state index contributed by atoms with van der Waals surface area (Å²) in [5.41, 5.74) is 5.03. The zero-order valence-corrected chi connectivity index (χ0v) is 21.4. The molecule has 0 saturated heterocycles. The Hall–Kier alpha value is -4.78. The van der Waals surface area contributed by atoms with E-state index >= 15 is 0 Å². The van der Waals surface area contributed by atoms with E-state index in [1.807, 2.05) is 54.6 Å². The van der Waals surface area contributed by atoms with Gasteiger partial charge in [-0.1, -0.05) is 36.4 Å². The average Bonchev–Trinajstić information content (AvgIpc) is 3.50. The van der Waals surface area contributed by atoms with Crippen LogP contribution in [0.3, 0.4) is 0 Å². The van der Waals surface area contributed by atoms with Crippen molar-refractivity contribution in [2.45, 2.75) is 18.4 Å². The molecule has 2 N–H and O–H groups in total. The van der Waals surface area contributed by atoms with E-state index in [-0.39, 0.29) is 23.5 Å². The fourth-order valence-electron chi connectivity index (χ4n) is 5.74. The Morgan fingerprint density at radius 3 is 2.49 bits per heavy atom. The van der Waals surface area contributed by atoms with E-state index in [1.54, 1.807) is 25.3 Å². The lowest BCUT2D eigenvalue weighted by atomic mass is 9.88. The minimum absolute atomic E-state index is 0.0314. The van der Waals surface area contributed by atoms with Crippen molar-refractivity contribution in [3.8, 4) is 45.6 Å². The first-order valence-electron chi connectivity index (χ1n) is 12.7. The van der Waals surface area contributed by atoms with Crippen LogP contribution in [0.5, 0.6) is 34.5 Å². The van der Waals surface area contributed by atoms with E-state index in [2.05, 4.69) is 0 Å². The predicted molar refractivity (Wildman–Crippen MR) is 145 cm³/mol. The van der Waals surface area contributed by atoms with Gasteiger partial charge in [-0.15, -0.1) is 0 Å². The maximum atomic E-state index is 11.0. The monoisotopic (exact) mass is 522 g/mol. The van der Waals surface area contributed by atoms with Crippen LogP contribution in [-0.2, 0) is 6.42 Å². The van der Waals surface area contributed by atoms with Gasteiger partial charge >= 0.3 is 0 Å². The van der Waals surface area contributed by atoms with Crippen molar-refractivity contribution in [3.05, 3.63) is 95.2 Å². The first-order chi connectivity index (χ1) is 19.0. The van der Waals surface area contributed by atoms with E-state index in [9.17, 15) is 10.2 Å². The quantitative estimate of drug-likeness (QED) is 0.265. The standard InChI is InChI=1S/C32H26O7/c1-35-19-8-9-20-23-16-37-26-14-24(33)18(10-22(26)32(23)39-27(20)12-19)11-30-31(17-6-4-3-5-7-17)21-13-25(34)29(36-2)15-28(21)38-30/h3-10,12-15,23,32-34H,11,16H2,1-2H3/t23-,32-/m1/s1. The number of fused-ring (bicyclic) bond motifs is 6. The van der Waals surface area contributed by atoms with Gasteiger partial charge in [0.15, 0.2) is 11.5 Å². The van der Waals surface area contributed by atoms with Crippen LogP contribution >= 0.6 is 0 Å². The van der Waals surface area contributed by atoms with Crippen molar-refractivity contribution in [1.82, 2.24) is 0 Å². The fraction of sp³-hybridized carbons (Fsp3) is 0.188. The molecule has 0 bridgehead atoms. The highest BCUT2D eigenvalue weighted by Crippen LogP contribution is 2.53. The second kappa shape index (κ2) is 8.91. The smallest absolute Gasteiger partial charge is 0.164 e. The summed E-state index contributed by atoms with van der Waals surface area (Å²) in [6, 6.07) is 22.7. The largest absolute Gasteiger partial charge is 0.508 e. The van der Waals surface area contributed by atoms with Crippen LogP contribution in [0, 0.1) is 0 Å². The van der Waals surface area contributed by atoms with Gasteiger partial charge in [-0.05, 0) is 23.8 Å². The molecule has 0 radical (unpaired) electrons. The first kappa shape index (κ1) is 23.3. The minimum Gasteiger partial charge on any atom is -0.508 e. The van der Waals surface area contributed by atoms with Gasteiger partial charge in [-0.2, -0.15) is 0 Å². The van der Waals surface area contributed by atoms with Gasteiger partial charge in [0, 0.05) is 52.3 Å². The molecule has 0 amide bonds. The molecule has 0 saturated carbocycles. The van der Waals surface area contributed by atoms with E-state index in [0.29, 0.717) is 41.4 Å². The molecule has 3 heterocycles. The second-order valence-electron chi connectivity index (χ2n) is 9.84. The Balaban J connectivity index is 1.32. The summed E-state index contributed by atoms with van der Waals surface area (Å²) in [5.74, 6) is 3.31. The molecule has 2 atom stereocenters. The highest BCUT2D eigenvalue weighted by atomic mass is 16.5. The van der Waals surface area contributed by atoms with E-state index in [4.69, 9.17) is 23.4 Å². The number of furan rings is 1. The molecule has 196 valence electrons. The molecule has 7 heteroatoms. The molecule has 7 nitrogen and oxygen atoms in total. The van der Waals surface area contributed by atoms with Gasteiger partial charge in [0.2, 0.25) is 0 Å². The van der Waals surface area contributed by atoms with E-state index in [1.165, 1.54) is 7.11 Å². The Kier molecular flexibility index (Phi) is 5.33. The number of benzene rings is 4. The summed E-state index contributed by atoms with van der Waals surface area (Å²) in [7, 11) is 3.14. The van der Waals surface area contributed by atoms with Gasteiger partial charge in [-0.3, -0.25) is 0 Å². The van der Waals surface area contributed by atoms with Crippen molar-refractivity contribution < 1.29 is 33.6 Å². The van der Waals surface area contributed by atoms with Gasteiger partial charge in [-0.25, -0.2) is 0 Å². The van der Waals surface area contributed by atoms with Crippen molar-refractivity contribution in [3.63, 3.8) is 0 Å². The maximum Gasteiger partial charge on any atom is 0.164 e. The Morgan fingerprint density at radius 2 is 1.69 bits per heavy atom. The van der Waals surface area contributed by atoms with Gasteiger partial charge in [0.05, 0.1) is 26.7 Å². The lowest BCUT2D eigenvalue weighted by Gasteiger charge is -2.28. The van der Waals surface area contributed by atoms with Crippen molar-refractivity contribution in [2.75, 3.05) is 20.8 Å². The number of phenolic OH excluding ortho intramolecular Hbond substituents is 2. The van der Waals surface area contributed by atoms with Crippen molar-refractivity contribution in [2.24, 2.45) is 0 Å². The second-order valence-corrected chi connectivity index (χ2v) is 9.84. The summed E-state index contributed by atoms with van der Waals surface area (Å²) in [6.45, 7) is 0.461. The van der Waals surface area contributed by atoms with Crippen LogP contribution in [0.15, 0.2) is 77.2 Å². The molecule has 1 aromatic heterocycles. The van der Waals surface area contributed by atoms with Crippen LogP contribution in [-0.4, -0.2) is 31.0 Å². The molecule has 2 aliphatic rings. The number of phenols is 2. The van der Waals surface area contributed by atoms with Gasteiger partial charge in [0.25, 0.3) is 0 Å². The van der Waals surface area contributed by atoms with Crippen LogP contribution < -0.4 is 18.9 Å². The highest BCUT2D eigenvalue weighted by molar-refractivity contribution is 5.97. The number of hydrogen-bond acceptors (Lipinski definition) is 7. The Bertz CT molecular complexity index is 1720. The lowest BCUT2D eigenvalue weighted by Crippen LogP contribution is -2.23. The van der Waals surface area contributed by atoms with Gasteiger partial charge < -0.3 is 33.6 Å². The SMILES string of the molecule is COc1ccc2c(c1)O[C@@H]1c3cc(Cc4oc5cc(OC)c(O)cc5c4-c4ccccc4)c(O)cc3OC[C@H]21. The molecule has 0 fully saturated rings. The summed E-state index contributed by atoms with van der Waals surface area (Å²) >= 11 is 0. The van der Waals surface area contributed by atoms with Crippen LogP contribution in [0.1, 0.15) is 34.5 Å². The maximum absolute atomic E-state index is 11.0. The lowest BCUT2D eigenvalue weighted by molar-refractivity contribution is 0.139. The van der Waals surface area contributed by atoms with E-state index < -0.39 is 0 Å². The topological polar surface area (TPSA) is 90.5 Å². The van der Waals surface area contributed by atoms with E-state index in [0.717, 1.165) is 39.1 Å². The number of ether oxygens (including phenoxy) is 4. The minimum atomic E-state index is -0.235. The van der Waals surface area contributed by atoms with Crippen molar-refractivity contribution in [1.29, 1.82) is 0 Å². The van der Waals surface area contributed by atoms with Crippen molar-refractivity contribution >= 4 is 11.0 Å². The number of hydrogen-bond donors (Lipinski definition) is 2. The molecular formula is C32H26O7.